The predicted molar refractivity (Wildman–Crippen MR) is 94.8 cm³/mol. The molecule has 2 aromatic rings. The van der Waals surface area contributed by atoms with Gasteiger partial charge in [0.1, 0.15) is 0 Å². The Morgan fingerprint density at radius 3 is 2.65 bits per heavy atom. The van der Waals surface area contributed by atoms with Gasteiger partial charge in [-0.1, -0.05) is 30.3 Å². The molecule has 1 aliphatic rings. The molecule has 1 fully saturated rings. The normalized spacial score (nSPS) is 18.8. The van der Waals surface area contributed by atoms with Crippen LogP contribution < -0.4 is 4.90 Å². The van der Waals surface area contributed by atoms with Gasteiger partial charge in [0.25, 0.3) is 0 Å². The van der Waals surface area contributed by atoms with Crippen molar-refractivity contribution in [1.82, 2.24) is 14.9 Å². The van der Waals surface area contributed by atoms with Crippen molar-refractivity contribution in [1.29, 1.82) is 0 Å². The van der Waals surface area contributed by atoms with Crippen molar-refractivity contribution < 1.29 is 0 Å². The Hall–Kier alpha value is -1.94. The topological polar surface area (TPSA) is 32.3 Å². The van der Waals surface area contributed by atoms with Gasteiger partial charge < -0.3 is 9.80 Å². The number of benzene rings is 1. The summed E-state index contributed by atoms with van der Waals surface area (Å²) in [7, 11) is 2.12. The summed E-state index contributed by atoms with van der Waals surface area (Å²) in [5.41, 5.74) is 2.53. The highest BCUT2D eigenvalue weighted by Crippen LogP contribution is 2.18. The number of anilines is 1. The lowest BCUT2D eigenvalue weighted by Gasteiger charge is -2.37. The van der Waals surface area contributed by atoms with Crippen LogP contribution in [0.15, 0.2) is 42.7 Å². The molecule has 1 atom stereocenters. The van der Waals surface area contributed by atoms with Crippen LogP contribution in [0.5, 0.6) is 0 Å². The smallest absolute Gasteiger partial charge is 0.225 e. The maximum absolute atomic E-state index is 4.47. The molecular weight excluding hydrogens is 284 g/mol. The van der Waals surface area contributed by atoms with E-state index in [4.69, 9.17) is 0 Å². The van der Waals surface area contributed by atoms with Crippen molar-refractivity contribution in [3.63, 3.8) is 0 Å². The molecule has 1 unspecified atom stereocenters. The molecule has 0 aliphatic carbocycles. The number of nitrogens with zero attached hydrogens (tertiary/aromatic N) is 4. The van der Waals surface area contributed by atoms with Crippen molar-refractivity contribution in [3.8, 4) is 0 Å². The van der Waals surface area contributed by atoms with Crippen molar-refractivity contribution in [3.05, 3.63) is 53.9 Å². The molecule has 122 valence electrons. The average Bonchev–Trinajstić information content (AvgIpc) is 2.61. The molecule has 1 aliphatic heterocycles. The van der Waals surface area contributed by atoms with E-state index in [1.807, 2.05) is 19.3 Å². The van der Waals surface area contributed by atoms with Crippen LogP contribution in [0.2, 0.25) is 0 Å². The molecule has 0 saturated carbocycles. The first-order valence-electron chi connectivity index (χ1n) is 8.50. The lowest BCUT2D eigenvalue weighted by molar-refractivity contribution is 0.208. The maximum atomic E-state index is 4.47. The monoisotopic (exact) mass is 310 g/mol. The van der Waals surface area contributed by atoms with Gasteiger partial charge in [-0.25, -0.2) is 9.97 Å². The van der Waals surface area contributed by atoms with Crippen molar-refractivity contribution >= 4 is 5.95 Å². The van der Waals surface area contributed by atoms with E-state index in [0.717, 1.165) is 31.0 Å². The second-order valence-corrected chi connectivity index (χ2v) is 6.50. The molecule has 0 radical (unpaired) electrons. The van der Waals surface area contributed by atoms with Gasteiger partial charge in [0.05, 0.1) is 0 Å². The third-order valence-electron chi connectivity index (χ3n) is 4.67. The summed E-state index contributed by atoms with van der Waals surface area (Å²) < 4.78 is 0. The van der Waals surface area contributed by atoms with Crippen LogP contribution in [0.25, 0.3) is 0 Å². The van der Waals surface area contributed by atoms with Crippen LogP contribution in [0.4, 0.5) is 5.95 Å². The molecule has 3 rings (SSSR count). The Balaban J connectivity index is 1.56. The fraction of sp³-hybridized carbons (Fsp3) is 0.474. The van der Waals surface area contributed by atoms with E-state index in [1.165, 1.54) is 24.9 Å². The molecule has 0 amide bonds. The van der Waals surface area contributed by atoms with Crippen molar-refractivity contribution in [2.45, 2.75) is 32.2 Å². The van der Waals surface area contributed by atoms with Crippen LogP contribution in [0.3, 0.4) is 0 Å². The highest BCUT2D eigenvalue weighted by atomic mass is 15.3. The fourth-order valence-electron chi connectivity index (χ4n) is 3.21. The molecule has 0 N–H and O–H groups in total. The lowest BCUT2D eigenvalue weighted by atomic mass is 10.0. The summed E-state index contributed by atoms with van der Waals surface area (Å²) >= 11 is 0. The standard InChI is InChI=1S/C19H26N4/c1-16-13-20-19(21-14-16)22(2)18-9-6-11-23(15-18)12-10-17-7-4-3-5-8-17/h3-5,7-8,13-14,18H,6,9-12,15H2,1-2H3. The van der Waals surface area contributed by atoms with Gasteiger partial charge in [-0.05, 0) is 43.9 Å². The number of hydrogen-bond donors (Lipinski definition) is 0. The number of rotatable bonds is 5. The zero-order chi connectivity index (χ0) is 16.1. The van der Waals surface area contributed by atoms with E-state index in [-0.39, 0.29) is 0 Å². The molecule has 1 saturated heterocycles. The lowest BCUT2D eigenvalue weighted by Crippen LogP contribution is -2.47. The van der Waals surface area contributed by atoms with Gasteiger partial charge >= 0.3 is 0 Å². The van der Waals surface area contributed by atoms with E-state index >= 15 is 0 Å². The minimum atomic E-state index is 0.502. The average molecular weight is 310 g/mol. The fourth-order valence-corrected chi connectivity index (χ4v) is 3.21. The van der Waals surface area contributed by atoms with Crippen LogP contribution in [0.1, 0.15) is 24.0 Å². The van der Waals surface area contributed by atoms with E-state index in [9.17, 15) is 0 Å². The number of aromatic nitrogens is 2. The molecule has 1 aromatic carbocycles. The van der Waals surface area contributed by atoms with Gasteiger partial charge in [0.15, 0.2) is 0 Å². The zero-order valence-electron chi connectivity index (χ0n) is 14.2. The van der Waals surface area contributed by atoms with E-state index in [0.29, 0.717) is 6.04 Å². The van der Waals surface area contributed by atoms with Crippen LogP contribution in [-0.2, 0) is 6.42 Å². The Labute approximate surface area is 139 Å². The highest BCUT2D eigenvalue weighted by molar-refractivity contribution is 5.30. The van der Waals surface area contributed by atoms with Crippen molar-refractivity contribution in [2.75, 3.05) is 31.6 Å². The van der Waals surface area contributed by atoms with Gasteiger partial charge in [-0.3, -0.25) is 0 Å². The maximum Gasteiger partial charge on any atom is 0.225 e. The van der Waals surface area contributed by atoms with E-state index in [1.54, 1.807) is 0 Å². The Morgan fingerprint density at radius 2 is 1.91 bits per heavy atom. The Kier molecular flexibility index (Phi) is 5.23. The van der Waals surface area contributed by atoms with Crippen LogP contribution >= 0.6 is 0 Å². The Morgan fingerprint density at radius 1 is 1.17 bits per heavy atom. The van der Waals surface area contributed by atoms with Gasteiger partial charge in [-0.2, -0.15) is 0 Å². The second kappa shape index (κ2) is 7.55. The zero-order valence-corrected chi connectivity index (χ0v) is 14.2. The highest BCUT2D eigenvalue weighted by Gasteiger charge is 2.24. The summed E-state index contributed by atoms with van der Waals surface area (Å²) in [6.45, 7) is 5.45. The number of likely N-dealkylation sites (N-methyl/N-ethyl adjacent to an activating group) is 1. The SMILES string of the molecule is Cc1cnc(N(C)C2CCCN(CCc3ccccc3)C2)nc1. The van der Waals surface area contributed by atoms with Crippen LogP contribution in [-0.4, -0.2) is 47.6 Å². The Bertz CT molecular complexity index is 597. The van der Waals surface area contributed by atoms with E-state index in [2.05, 4.69) is 57.1 Å². The quantitative estimate of drug-likeness (QED) is 0.850. The van der Waals surface area contributed by atoms with E-state index < -0.39 is 0 Å². The first-order valence-corrected chi connectivity index (χ1v) is 8.50. The molecular formula is C19H26N4. The summed E-state index contributed by atoms with van der Waals surface area (Å²) in [6, 6.07) is 11.3. The molecule has 0 spiro atoms. The third-order valence-corrected chi connectivity index (χ3v) is 4.67. The van der Waals surface area contributed by atoms with Gasteiger partial charge in [0.2, 0.25) is 5.95 Å². The summed E-state index contributed by atoms with van der Waals surface area (Å²) in [5, 5.41) is 0. The minimum Gasteiger partial charge on any atom is -0.340 e. The van der Waals surface area contributed by atoms with Gasteiger partial charge in [-0.15, -0.1) is 0 Å². The summed E-state index contributed by atoms with van der Waals surface area (Å²) in [6.07, 6.45) is 7.38. The molecule has 23 heavy (non-hydrogen) atoms. The molecule has 1 aromatic heterocycles. The summed E-state index contributed by atoms with van der Waals surface area (Å²) in [4.78, 5) is 13.8. The number of aryl methyl sites for hydroxylation is 1. The summed E-state index contributed by atoms with van der Waals surface area (Å²) in [5.74, 6) is 0.838. The molecule has 0 bridgehead atoms. The minimum absolute atomic E-state index is 0.502. The number of hydrogen-bond acceptors (Lipinski definition) is 4. The molecule has 2 heterocycles. The second-order valence-electron chi connectivity index (χ2n) is 6.50. The van der Waals surface area contributed by atoms with Crippen molar-refractivity contribution in [2.24, 2.45) is 0 Å². The third kappa shape index (κ3) is 4.29. The van der Waals surface area contributed by atoms with Crippen LogP contribution in [0, 0.1) is 6.92 Å². The first kappa shape index (κ1) is 15.9. The largest absolute Gasteiger partial charge is 0.340 e. The number of piperidine rings is 1. The number of likely N-dealkylation sites (tertiary alicyclic amines) is 1. The molecule has 4 nitrogen and oxygen atoms in total. The first-order chi connectivity index (χ1) is 11.2. The predicted octanol–water partition coefficient (Wildman–Crippen LogP) is 2.93. The van der Waals surface area contributed by atoms with Gasteiger partial charge in [0, 0.05) is 38.6 Å². The molecule has 4 heteroatoms.